The molecule has 1 heterocycles. The zero-order valence-electron chi connectivity index (χ0n) is 27.6. The van der Waals surface area contributed by atoms with Crippen molar-refractivity contribution in [3.05, 3.63) is 48.7 Å². The topological polar surface area (TPSA) is 160 Å². The van der Waals surface area contributed by atoms with Crippen molar-refractivity contribution in [2.75, 3.05) is 21.3 Å². The lowest BCUT2D eigenvalue weighted by Crippen LogP contribution is -2.36. The van der Waals surface area contributed by atoms with E-state index in [-0.39, 0.29) is 34.6 Å². The molecule has 250 valence electrons. The maximum absolute atomic E-state index is 13.2. The van der Waals surface area contributed by atoms with E-state index in [1.54, 1.807) is 13.8 Å². The predicted octanol–water partition coefficient (Wildman–Crippen LogP) is 7.94. The van der Waals surface area contributed by atoms with Gasteiger partial charge in [-0.2, -0.15) is 0 Å². The molecule has 0 spiro atoms. The zero-order valence-corrected chi connectivity index (χ0v) is 27.6. The van der Waals surface area contributed by atoms with Gasteiger partial charge in [-0.3, -0.25) is 30.0 Å². The van der Waals surface area contributed by atoms with Crippen LogP contribution in [-0.2, 0) is 25.5 Å². The van der Waals surface area contributed by atoms with Crippen LogP contribution in [0.3, 0.4) is 0 Å². The number of benzene rings is 1. The maximum atomic E-state index is 13.2. The summed E-state index contributed by atoms with van der Waals surface area (Å²) in [6, 6.07) is 0.894. The maximum Gasteiger partial charge on any atom is 0.336 e. The van der Waals surface area contributed by atoms with Gasteiger partial charge >= 0.3 is 17.6 Å². The molecule has 2 rings (SSSR count). The van der Waals surface area contributed by atoms with Crippen molar-refractivity contribution >= 4 is 29.0 Å². The van der Waals surface area contributed by atoms with Crippen LogP contribution < -0.4 is 4.74 Å². The van der Waals surface area contributed by atoms with Crippen LogP contribution in [0.2, 0.25) is 0 Å². The van der Waals surface area contributed by atoms with Gasteiger partial charge in [-0.05, 0) is 26.7 Å². The van der Waals surface area contributed by atoms with E-state index in [9.17, 15) is 29.8 Å². The molecule has 1 aromatic carbocycles. The molecular weight excluding hydrogens is 582 g/mol. The molecular formula is C33H49N3O9. The van der Waals surface area contributed by atoms with Crippen LogP contribution in [0.4, 0.5) is 11.4 Å². The minimum Gasteiger partial charge on any atom is -0.490 e. The van der Waals surface area contributed by atoms with Gasteiger partial charge in [0.1, 0.15) is 5.92 Å². The molecule has 0 saturated heterocycles. The number of unbranched alkanes of at least 4 members (excludes halogenated alkanes) is 12. The normalized spacial score (nSPS) is 16.3. The number of nitrogens with zero attached hydrogens (tertiary/aromatic N) is 3. The third-order valence-corrected chi connectivity index (χ3v) is 8.51. The van der Waals surface area contributed by atoms with E-state index >= 15 is 0 Å². The van der Waals surface area contributed by atoms with Crippen LogP contribution in [0.1, 0.15) is 121 Å². The first-order valence-electron chi connectivity index (χ1n) is 16.0. The first-order valence-corrected chi connectivity index (χ1v) is 16.0. The highest BCUT2D eigenvalue weighted by Crippen LogP contribution is 2.50. The fourth-order valence-electron chi connectivity index (χ4n) is 6.28. The van der Waals surface area contributed by atoms with Crippen LogP contribution in [0.5, 0.6) is 5.75 Å². The van der Waals surface area contributed by atoms with E-state index in [0.29, 0.717) is 12.1 Å². The number of nitro benzene ring substituents is 2. The molecule has 0 radical (unpaired) electrons. The number of methoxy groups -OCH3 is 3. The molecule has 0 N–H and O–H groups in total. The molecule has 45 heavy (non-hydrogen) atoms. The van der Waals surface area contributed by atoms with Crippen LogP contribution in [0.15, 0.2) is 22.3 Å². The number of esters is 2. The first kappa shape index (κ1) is 37.4. The average Bonchev–Trinajstić information content (AvgIpc) is 3.01. The number of rotatable bonds is 20. The number of carbonyl (C=O) groups is 2. The smallest absolute Gasteiger partial charge is 0.336 e. The van der Waals surface area contributed by atoms with Gasteiger partial charge in [0.2, 0.25) is 5.75 Å². The number of allylic oxidation sites excluding steroid dienone is 1. The summed E-state index contributed by atoms with van der Waals surface area (Å²) in [5, 5.41) is 24.5. The van der Waals surface area contributed by atoms with Gasteiger partial charge in [-0.1, -0.05) is 84.0 Å². The van der Waals surface area contributed by atoms with Crippen LogP contribution >= 0.6 is 0 Å². The van der Waals surface area contributed by atoms with Gasteiger partial charge in [-0.25, -0.2) is 4.79 Å². The number of aliphatic imine (C=N–C) groups is 1. The summed E-state index contributed by atoms with van der Waals surface area (Å²) < 4.78 is 15.6. The van der Waals surface area contributed by atoms with E-state index < -0.39 is 45.0 Å². The highest BCUT2D eigenvalue weighted by Gasteiger charge is 2.47. The van der Waals surface area contributed by atoms with Crippen molar-refractivity contribution in [1.82, 2.24) is 0 Å². The Labute approximate surface area is 265 Å². The molecule has 1 aromatic rings. The fourth-order valence-corrected chi connectivity index (χ4v) is 6.28. The monoisotopic (exact) mass is 631 g/mol. The summed E-state index contributed by atoms with van der Waals surface area (Å²) in [5.74, 6) is -4.25. The number of carbonyl (C=O) groups excluding carboxylic acids is 2. The van der Waals surface area contributed by atoms with Crippen molar-refractivity contribution in [3.8, 4) is 5.75 Å². The molecule has 0 fully saturated rings. The lowest BCUT2D eigenvalue weighted by atomic mass is 9.73. The number of ether oxygens (including phenoxy) is 3. The zero-order chi connectivity index (χ0) is 33.5. The minimum absolute atomic E-state index is 0.0294. The van der Waals surface area contributed by atoms with Gasteiger partial charge in [-0.15, -0.1) is 0 Å². The van der Waals surface area contributed by atoms with Gasteiger partial charge in [0.05, 0.1) is 42.8 Å². The lowest BCUT2D eigenvalue weighted by Gasteiger charge is -2.33. The molecule has 0 bridgehead atoms. The van der Waals surface area contributed by atoms with Crippen molar-refractivity contribution in [1.29, 1.82) is 0 Å². The van der Waals surface area contributed by atoms with Gasteiger partial charge in [0.25, 0.3) is 5.69 Å². The molecule has 2 atom stereocenters. The Kier molecular flexibility index (Phi) is 15.7. The molecule has 0 amide bonds. The fraction of sp³-hybridized carbons (Fsp3) is 0.667. The second kappa shape index (κ2) is 18.9. The summed E-state index contributed by atoms with van der Waals surface area (Å²) in [4.78, 5) is 53.8. The summed E-state index contributed by atoms with van der Waals surface area (Å²) in [5.41, 5.74) is -0.429. The first-order chi connectivity index (χ1) is 21.5. The molecule has 0 saturated carbocycles. The van der Waals surface area contributed by atoms with Crippen molar-refractivity contribution in [2.45, 2.75) is 117 Å². The number of hydrogen-bond donors (Lipinski definition) is 0. The highest BCUT2D eigenvalue weighted by molar-refractivity contribution is 6.07. The minimum atomic E-state index is -1.23. The molecule has 1 aliphatic heterocycles. The standard InChI is InChI=1S/C33H49N3O9/c1-7-8-9-10-11-12-13-14-15-16-17-18-19-20-24-25(35(39)40)21-26(36(41)42)31(43-4)29(24)30-27(32(37)44-5)22(2)34-23(3)28(30)33(38)45-6/h21,27,30H,7-20H2,1-6H3. The Morgan fingerprint density at radius 1 is 0.800 bits per heavy atom. The molecule has 0 aromatic heterocycles. The number of nitro groups is 2. The second-order valence-electron chi connectivity index (χ2n) is 11.6. The van der Waals surface area contributed by atoms with Crippen LogP contribution in [-0.4, -0.2) is 48.8 Å². The largest absolute Gasteiger partial charge is 0.490 e. The summed E-state index contributed by atoms with van der Waals surface area (Å²) >= 11 is 0. The molecule has 12 nitrogen and oxygen atoms in total. The van der Waals surface area contributed by atoms with E-state index in [1.165, 1.54) is 72.7 Å². The Morgan fingerprint density at radius 2 is 1.31 bits per heavy atom. The third kappa shape index (κ3) is 9.83. The summed E-state index contributed by atoms with van der Waals surface area (Å²) in [7, 11) is 3.56. The predicted molar refractivity (Wildman–Crippen MR) is 172 cm³/mol. The van der Waals surface area contributed by atoms with Gasteiger partial charge in [0.15, 0.2) is 0 Å². The van der Waals surface area contributed by atoms with Crippen molar-refractivity contribution < 1.29 is 33.6 Å². The van der Waals surface area contributed by atoms with Gasteiger partial charge in [0, 0.05) is 28.5 Å². The molecule has 2 unspecified atom stereocenters. The molecule has 1 aliphatic rings. The Morgan fingerprint density at radius 3 is 1.76 bits per heavy atom. The van der Waals surface area contributed by atoms with Crippen LogP contribution in [0, 0.1) is 26.1 Å². The average molecular weight is 632 g/mol. The number of hydrogen-bond acceptors (Lipinski definition) is 10. The quantitative estimate of drug-likeness (QED) is 0.0602. The van der Waals surface area contributed by atoms with E-state index in [1.807, 2.05) is 0 Å². The molecule has 0 aliphatic carbocycles. The van der Waals surface area contributed by atoms with Crippen LogP contribution in [0.25, 0.3) is 0 Å². The van der Waals surface area contributed by atoms with Gasteiger partial charge < -0.3 is 14.2 Å². The summed E-state index contributed by atoms with van der Waals surface area (Å²) in [6.07, 6.45) is 14.8. The highest BCUT2D eigenvalue weighted by atomic mass is 16.6. The van der Waals surface area contributed by atoms with E-state index in [4.69, 9.17) is 14.2 Å². The Bertz CT molecular complexity index is 1270. The van der Waals surface area contributed by atoms with E-state index in [2.05, 4.69) is 11.9 Å². The second-order valence-corrected chi connectivity index (χ2v) is 11.6. The van der Waals surface area contributed by atoms with Crippen molar-refractivity contribution in [2.24, 2.45) is 10.9 Å². The van der Waals surface area contributed by atoms with Crippen molar-refractivity contribution in [3.63, 3.8) is 0 Å². The third-order valence-electron chi connectivity index (χ3n) is 8.51. The Balaban J connectivity index is 2.43. The SMILES string of the molecule is CCCCCCCCCCCCCCCc1c([N+](=O)[O-])cc([N+](=O)[O-])c(OC)c1C1C(C(=O)OC)=C(C)N=C(C)C1C(=O)OC. The Hall–Kier alpha value is -3.83. The lowest BCUT2D eigenvalue weighted by molar-refractivity contribution is -0.395. The van der Waals surface area contributed by atoms with E-state index in [0.717, 1.165) is 31.7 Å². The molecule has 12 heteroatoms. The summed E-state index contributed by atoms with van der Waals surface area (Å²) in [6.45, 7) is 5.35.